The third kappa shape index (κ3) is 4.33. The van der Waals surface area contributed by atoms with E-state index in [-0.39, 0.29) is 11.6 Å². The van der Waals surface area contributed by atoms with Crippen molar-refractivity contribution >= 4 is 23.0 Å². The molecule has 0 bridgehead atoms. The van der Waals surface area contributed by atoms with Crippen molar-refractivity contribution in [2.45, 2.75) is 18.8 Å². The summed E-state index contributed by atoms with van der Waals surface area (Å²) >= 11 is 0. The van der Waals surface area contributed by atoms with Gasteiger partial charge >= 0.3 is 0 Å². The minimum atomic E-state index is -0.476. The fourth-order valence-electron chi connectivity index (χ4n) is 3.96. The highest BCUT2D eigenvalue weighted by molar-refractivity contribution is 6.06. The molecule has 1 N–H and O–H groups in total. The van der Waals surface area contributed by atoms with E-state index >= 15 is 0 Å². The number of benzene rings is 3. The summed E-state index contributed by atoms with van der Waals surface area (Å²) in [6.45, 7) is 1.84. The fourth-order valence-corrected chi connectivity index (χ4v) is 3.96. The number of nitrogens with zero attached hydrogens (tertiary/aromatic N) is 2. The predicted molar refractivity (Wildman–Crippen MR) is 118 cm³/mol. The summed E-state index contributed by atoms with van der Waals surface area (Å²) in [6.07, 6.45) is 2.13. The Morgan fingerprint density at radius 1 is 0.900 bits per heavy atom. The summed E-state index contributed by atoms with van der Waals surface area (Å²) in [5.41, 5.74) is 3.49. The van der Waals surface area contributed by atoms with Gasteiger partial charge in [-0.2, -0.15) is 0 Å². The smallest absolute Gasteiger partial charge is 0.269 e. The summed E-state index contributed by atoms with van der Waals surface area (Å²) in [6, 6.07) is 24.0. The zero-order valence-electron chi connectivity index (χ0n) is 16.5. The number of piperidine rings is 1. The molecule has 4 rings (SSSR count). The maximum Gasteiger partial charge on any atom is 0.269 e. The molecule has 0 radical (unpaired) electrons. The number of rotatable bonds is 5. The van der Waals surface area contributed by atoms with Crippen LogP contribution in [0.2, 0.25) is 0 Å². The van der Waals surface area contributed by atoms with Crippen LogP contribution >= 0.6 is 0 Å². The zero-order chi connectivity index (χ0) is 20.9. The molecule has 0 atom stereocenters. The average Bonchev–Trinajstić information content (AvgIpc) is 2.80. The summed E-state index contributed by atoms with van der Waals surface area (Å²) in [4.78, 5) is 25.3. The van der Waals surface area contributed by atoms with Crippen LogP contribution in [-0.2, 0) is 0 Å². The third-order valence-electron chi connectivity index (χ3n) is 5.60. The molecule has 1 saturated heterocycles. The number of amides is 1. The van der Waals surface area contributed by atoms with Crippen LogP contribution in [0.25, 0.3) is 0 Å². The number of carbonyl (C=O) groups is 1. The van der Waals surface area contributed by atoms with Crippen LogP contribution in [-0.4, -0.2) is 23.9 Å². The summed E-state index contributed by atoms with van der Waals surface area (Å²) in [5.74, 6) is 0.279. The molecule has 0 spiro atoms. The SMILES string of the molecule is O=C(Nc1ccccc1N1CCC(c2ccccc2)CC1)c1ccc([N+](=O)[O-])cc1. The molecule has 1 aliphatic rings. The molecular weight excluding hydrogens is 378 g/mol. The molecule has 3 aromatic rings. The van der Waals surface area contributed by atoms with Crippen LogP contribution < -0.4 is 10.2 Å². The Hall–Kier alpha value is -3.67. The Morgan fingerprint density at radius 3 is 2.20 bits per heavy atom. The van der Waals surface area contributed by atoms with Gasteiger partial charge in [-0.05, 0) is 48.6 Å². The first-order chi connectivity index (χ1) is 14.6. The van der Waals surface area contributed by atoms with Gasteiger partial charge in [0.25, 0.3) is 11.6 Å². The number of nitro benzene ring substituents is 1. The zero-order valence-corrected chi connectivity index (χ0v) is 16.5. The van der Waals surface area contributed by atoms with Gasteiger partial charge in [-0.3, -0.25) is 14.9 Å². The van der Waals surface area contributed by atoms with Gasteiger partial charge in [-0.25, -0.2) is 0 Å². The normalized spacial score (nSPS) is 14.3. The molecule has 3 aromatic carbocycles. The average molecular weight is 401 g/mol. The van der Waals surface area contributed by atoms with Crippen molar-refractivity contribution in [1.29, 1.82) is 0 Å². The second-order valence-electron chi connectivity index (χ2n) is 7.45. The number of anilines is 2. The highest BCUT2D eigenvalue weighted by Crippen LogP contribution is 2.33. The van der Waals surface area contributed by atoms with E-state index in [1.807, 2.05) is 30.3 Å². The molecule has 6 nitrogen and oxygen atoms in total. The first kappa shape index (κ1) is 19.6. The molecule has 30 heavy (non-hydrogen) atoms. The Bertz CT molecular complexity index is 1030. The first-order valence-corrected chi connectivity index (χ1v) is 10.1. The van der Waals surface area contributed by atoms with Crippen LogP contribution in [0, 0.1) is 10.1 Å². The monoisotopic (exact) mass is 401 g/mol. The van der Waals surface area contributed by atoms with Crippen LogP contribution in [0.4, 0.5) is 17.1 Å². The van der Waals surface area contributed by atoms with E-state index in [1.54, 1.807) is 0 Å². The van der Waals surface area contributed by atoms with Gasteiger partial charge in [-0.15, -0.1) is 0 Å². The lowest BCUT2D eigenvalue weighted by Gasteiger charge is -2.35. The molecule has 6 heteroatoms. The lowest BCUT2D eigenvalue weighted by molar-refractivity contribution is -0.384. The third-order valence-corrected chi connectivity index (χ3v) is 5.60. The van der Waals surface area contributed by atoms with Gasteiger partial charge in [0.2, 0.25) is 0 Å². The van der Waals surface area contributed by atoms with Crippen molar-refractivity contribution in [3.63, 3.8) is 0 Å². The molecule has 0 saturated carbocycles. The van der Waals surface area contributed by atoms with Gasteiger partial charge in [0.15, 0.2) is 0 Å². The summed E-state index contributed by atoms with van der Waals surface area (Å²) in [7, 11) is 0. The van der Waals surface area contributed by atoms with E-state index in [4.69, 9.17) is 0 Å². The van der Waals surface area contributed by atoms with Crippen LogP contribution in [0.15, 0.2) is 78.9 Å². The Kier molecular flexibility index (Phi) is 5.75. The van der Waals surface area contributed by atoms with Gasteiger partial charge < -0.3 is 10.2 Å². The highest BCUT2D eigenvalue weighted by atomic mass is 16.6. The molecule has 1 amide bonds. The highest BCUT2D eigenvalue weighted by Gasteiger charge is 2.22. The maximum absolute atomic E-state index is 12.7. The van der Waals surface area contributed by atoms with Gasteiger partial charge in [0.05, 0.1) is 16.3 Å². The Labute approximate surface area is 175 Å². The standard InChI is InChI=1S/C24H23N3O3/c28-24(20-10-12-21(13-11-20)27(29)30)25-22-8-4-5-9-23(22)26-16-14-19(15-17-26)18-6-2-1-3-7-18/h1-13,19H,14-17H2,(H,25,28). The molecule has 0 aliphatic carbocycles. The number of hydrogen-bond acceptors (Lipinski definition) is 4. The second kappa shape index (κ2) is 8.78. The van der Waals surface area contributed by atoms with Gasteiger partial charge in [0, 0.05) is 30.8 Å². The maximum atomic E-state index is 12.7. The fraction of sp³-hybridized carbons (Fsp3) is 0.208. The van der Waals surface area contributed by atoms with Crippen LogP contribution in [0.3, 0.4) is 0 Å². The summed E-state index contributed by atoms with van der Waals surface area (Å²) < 4.78 is 0. The van der Waals surface area contributed by atoms with Gasteiger partial charge in [0.1, 0.15) is 0 Å². The van der Waals surface area contributed by atoms with E-state index in [2.05, 4.69) is 34.5 Å². The first-order valence-electron chi connectivity index (χ1n) is 10.1. The predicted octanol–water partition coefficient (Wildman–Crippen LogP) is 5.23. The van der Waals surface area contributed by atoms with Crippen molar-refractivity contribution in [1.82, 2.24) is 0 Å². The topological polar surface area (TPSA) is 75.5 Å². The van der Waals surface area contributed by atoms with Crippen molar-refractivity contribution in [3.05, 3.63) is 100 Å². The molecular formula is C24H23N3O3. The number of hydrogen-bond donors (Lipinski definition) is 1. The number of nitro groups is 1. The molecule has 0 aromatic heterocycles. The minimum Gasteiger partial charge on any atom is -0.370 e. The Morgan fingerprint density at radius 2 is 1.53 bits per heavy atom. The van der Waals surface area contributed by atoms with Crippen molar-refractivity contribution in [3.8, 4) is 0 Å². The second-order valence-corrected chi connectivity index (χ2v) is 7.45. The van der Waals surface area contributed by atoms with E-state index in [0.717, 1.165) is 37.3 Å². The van der Waals surface area contributed by atoms with E-state index in [9.17, 15) is 14.9 Å². The van der Waals surface area contributed by atoms with Crippen molar-refractivity contribution in [2.75, 3.05) is 23.3 Å². The molecule has 1 heterocycles. The lowest BCUT2D eigenvalue weighted by Crippen LogP contribution is -2.33. The number of non-ortho nitro benzene ring substituents is 1. The molecule has 0 unspecified atom stereocenters. The van der Waals surface area contributed by atoms with Crippen molar-refractivity contribution in [2.24, 2.45) is 0 Å². The molecule has 1 fully saturated rings. The number of para-hydroxylation sites is 2. The molecule has 1 aliphatic heterocycles. The Balaban J connectivity index is 1.45. The molecule has 152 valence electrons. The summed E-state index contributed by atoms with van der Waals surface area (Å²) in [5, 5.41) is 13.8. The van der Waals surface area contributed by atoms with Crippen molar-refractivity contribution < 1.29 is 9.72 Å². The van der Waals surface area contributed by atoms with Gasteiger partial charge in [-0.1, -0.05) is 42.5 Å². The van der Waals surface area contributed by atoms with E-state index in [1.165, 1.54) is 29.8 Å². The van der Waals surface area contributed by atoms with E-state index < -0.39 is 4.92 Å². The largest absolute Gasteiger partial charge is 0.370 e. The minimum absolute atomic E-state index is 0.0340. The lowest BCUT2D eigenvalue weighted by atomic mass is 9.89. The quantitative estimate of drug-likeness (QED) is 0.469. The van der Waals surface area contributed by atoms with Crippen LogP contribution in [0.5, 0.6) is 0 Å². The van der Waals surface area contributed by atoms with Crippen LogP contribution in [0.1, 0.15) is 34.7 Å². The van der Waals surface area contributed by atoms with E-state index in [0.29, 0.717) is 11.5 Å². The number of carbonyl (C=O) groups excluding carboxylic acids is 1. The number of nitrogens with one attached hydrogen (secondary N) is 1.